The third kappa shape index (κ3) is 4.72. The maximum atomic E-state index is 13.1. The number of carbonyl (C=O) groups is 2. The van der Waals surface area contributed by atoms with E-state index in [4.69, 9.17) is 23.1 Å². The number of hydrogen-bond acceptors (Lipinski definition) is 6. The van der Waals surface area contributed by atoms with Crippen molar-refractivity contribution in [2.45, 2.75) is 26.7 Å². The Morgan fingerprint density at radius 3 is 2.64 bits per heavy atom. The van der Waals surface area contributed by atoms with Crippen molar-refractivity contribution in [1.82, 2.24) is 0 Å². The topological polar surface area (TPSA) is 86.3 Å². The standard InChI is InChI=1S/C32H29O7/c1-6-36-31(34)29-20(4)37-32-28(30(29)23-9-7-8-10-25(23)35-5)19(3)27(39-32)16-22-13-14-26(38-22)24-15-21(17-33)12-11-18(24)2/h7-17,28,30H,3,6H2,1-2,4-5H3/q+1/b27-16-. The molecule has 39 heavy (non-hydrogen) atoms. The lowest BCUT2D eigenvalue weighted by atomic mass is 9.75. The molecule has 3 aromatic rings. The number of fused-ring (bicyclic) bond motifs is 1. The number of hydrogen-bond donors (Lipinski definition) is 0. The largest absolute Gasteiger partial charge is 0.506 e. The Kier molecular flexibility index (Phi) is 7.07. The van der Waals surface area contributed by atoms with Gasteiger partial charge in [-0.15, -0.1) is 0 Å². The van der Waals surface area contributed by atoms with E-state index in [1.807, 2.05) is 49.4 Å². The summed E-state index contributed by atoms with van der Waals surface area (Å²) in [4.78, 5) is 24.4. The van der Waals surface area contributed by atoms with Crippen LogP contribution in [-0.4, -0.2) is 31.9 Å². The third-order valence-electron chi connectivity index (χ3n) is 6.97. The molecular weight excluding hydrogens is 496 g/mol. The van der Waals surface area contributed by atoms with Crippen molar-refractivity contribution in [3.05, 3.63) is 106 Å². The van der Waals surface area contributed by atoms with E-state index in [1.165, 1.54) is 0 Å². The van der Waals surface area contributed by atoms with E-state index >= 15 is 0 Å². The molecule has 7 heteroatoms. The fourth-order valence-electron chi connectivity index (χ4n) is 5.09. The van der Waals surface area contributed by atoms with Crippen molar-refractivity contribution < 1.29 is 32.6 Å². The molecule has 0 bridgehead atoms. The number of furan rings is 1. The highest BCUT2D eigenvalue weighted by molar-refractivity contribution is 5.97. The van der Waals surface area contributed by atoms with Gasteiger partial charge in [0.1, 0.15) is 29.1 Å². The second-order valence-electron chi connectivity index (χ2n) is 9.34. The van der Waals surface area contributed by atoms with Crippen LogP contribution < -0.4 is 4.74 Å². The fourth-order valence-corrected chi connectivity index (χ4v) is 5.09. The van der Waals surface area contributed by atoms with Gasteiger partial charge in [0.2, 0.25) is 5.76 Å². The molecule has 7 nitrogen and oxygen atoms in total. The molecule has 0 fully saturated rings. The summed E-state index contributed by atoms with van der Waals surface area (Å²) in [6, 6.07) is 16.7. The molecule has 0 saturated carbocycles. The van der Waals surface area contributed by atoms with Crippen molar-refractivity contribution in [3.8, 4) is 17.1 Å². The molecule has 0 radical (unpaired) electrons. The second kappa shape index (κ2) is 10.6. The average Bonchev–Trinajstić information content (AvgIpc) is 3.52. The van der Waals surface area contributed by atoms with Crippen LogP contribution in [0.15, 0.2) is 88.3 Å². The first-order valence-electron chi connectivity index (χ1n) is 12.7. The lowest BCUT2D eigenvalue weighted by Crippen LogP contribution is -2.33. The van der Waals surface area contributed by atoms with E-state index in [-0.39, 0.29) is 6.61 Å². The van der Waals surface area contributed by atoms with Gasteiger partial charge in [0, 0.05) is 35.1 Å². The van der Waals surface area contributed by atoms with E-state index in [0.29, 0.717) is 51.5 Å². The van der Waals surface area contributed by atoms with Gasteiger partial charge in [-0.1, -0.05) is 36.9 Å². The summed E-state index contributed by atoms with van der Waals surface area (Å²) in [5, 5.41) is 0. The van der Waals surface area contributed by atoms with E-state index in [1.54, 1.807) is 39.2 Å². The smallest absolute Gasteiger partial charge is 0.496 e. The number of para-hydroxylation sites is 1. The highest BCUT2D eigenvalue weighted by Crippen LogP contribution is 2.49. The summed E-state index contributed by atoms with van der Waals surface area (Å²) in [5.74, 6) is 1.55. The van der Waals surface area contributed by atoms with Crippen molar-refractivity contribution in [1.29, 1.82) is 0 Å². The predicted molar refractivity (Wildman–Crippen MR) is 146 cm³/mol. The molecule has 0 aliphatic carbocycles. The van der Waals surface area contributed by atoms with Crippen LogP contribution in [0.3, 0.4) is 0 Å². The zero-order valence-corrected chi connectivity index (χ0v) is 22.3. The van der Waals surface area contributed by atoms with E-state index in [2.05, 4.69) is 6.58 Å². The number of carbonyl (C=O) groups excluding carboxylic acids is 3. The van der Waals surface area contributed by atoms with Crippen LogP contribution in [0.5, 0.6) is 5.75 Å². The monoisotopic (exact) mass is 525 g/mol. The molecule has 2 aromatic carbocycles. The van der Waals surface area contributed by atoms with Gasteiger partial charge in [-0.25, -0.2) is 4.79 Å². The fraction of sp³-hybridized carbons (Fsp3) is 0.219. The summed E-state index contributed by atoms with van der Waals surface area (Å²) < 4.78 is 29.4. The molecular formula is C32H29O7+. The summed E-state index contributed by atoms with van der Waals surface area (Å²) in [6.07, 6.45) is 2.56. The van der Waals surface area contributed by atoms with Crippen LogP contribution in [0, 0.1) is 12.8 Å². The van der Waals surface area contributed by atoms with Gasteiger partial charge < -0.3 is 13.9 Å². The molecule has 1 aromatic heterocycles. The molecule has 0 amide bonds. The lowest BCUT2D eigenvalue weighted by molar-refractivity contribution is -0.396. The molecule has 5 rings (SSSR count). The Hall–Kier alpha value is -4.65. The maximum Gasteiger partial charge on any atom is 0.506 e. The number of methoxy groups -OCH3 is 1. The van der Waals surface area contributed by atoms with E-state index in [0.717, 1.165) is 23.0 Å². The number of esters is 2. The van der Waals surface area contributed by atoms with Gasteiger partial charge in [-0.05, 0) is 43.7 Å². The Morgan fingerprint density at radius 2 is 1.90 bits per heavy atom. The van der Waals surface area contributed by atoms with Crippen LogP contribution >= 0.6 is 0 Å². The van der Waals surface area contributed by atoms with Crippen LogP contribution in [0.1, 0.15) is 47.0 Å². The van der Waals surface area contributed by atoms with Crippen LogP contribution in [-0.2, 0) is 18.7 Å². The van der Waals surface area contributed by atoms with Crippen LogP contribution in [0.2, 0.25) is 0 Å². The Bertz CT molecular complexity index is 1570. The normalized spacial score (nSPS) is 19.4. The number of ether oxygens (including phenoxy) is 3. The summed E-state index contributed by atoms with van der Waals surface area (Å²) in [5.41, 5.74) is 4.21. The first-order chi connectivity index (χ1) is 18.9. The Balaban J connectivity index is 1.55. The quantitative estimate of drug-likeness (QED) is 0.204. The molecule has 2 atom stereocenters. The van der Waals surface area contributed by atoms with Crippen molar-refractivity contribution in [3.63, 3.8) is 0 Å². The summed E-state index contributed by atoms with van der Waals surface area (Å²) in [7, 11) is 1.59. The lowest BCUT2D eigenvalue weighted by Gasteiger charge is -2.27. The zero-order valence-electron chi connectivity index (χ0n) is 22.3. The van der Waals surface area contributed by atoms with Gasteiger partial charge in [-0.3, -0.25) is 14.0 Å². The molecule has 3 heterocycles. The Morgan fingerprint density at radius 1 is 1.10 bits per heavy atom. The first kappa shape index (κ1) is 26.0. The summed E-state index contributed by atoms with van der Waals surface area (Å²) >= 11 is 0. The molecule has 2 aliphatic heterocycles. The SMILES string of the molecule is C=C1/C(=C/c2ccc(-c3cc(C=O)ccc3C)o2)[O+]=C2OC(C)=C(C(=O)OCC)C(c3ccccc3OC)C12. The molecule has 198 valence electrons. The third-order valence-corrected chi connectivity index (χ3v) is 6.97. The highest BCUT2D eigenvalue weighted by atomic mass is 16.6. The molecule has 2 unspecified atom stereocenters. The van der Waals surface area contributed by atoms with Crippen LogP contribution in [0.25, 0.3) is 17.4 Å². The van der Waals surface area contributed by atoms with Gasteiger partial charge in [0.15, 0.2) is 5.92 Å². The van der Waals surface area contributed by atoms with E-state index < -0.39 is 17.8 Å². The minimum atomic E-state index is -0.497. The van der Waals surface area contributed by atoms with E-state index in [9.17, 15) is 9.59 Å². The number of aldehydes is 1. The number of allylic oxidation sites excluding steroid dienone is 2. The van der Waals surface area contributed by atoms with Crippen LogP contribution in [0.4, 0.5) is 0 Å². The van der Waals surface area contributed by atoms with Gasteiger partial charge in [-0.2, -0.15) is 0 Å². The van der Waals surface area contributed by atoms with Gasteiger partial charge in [0.05, 0.1) is 19.8 Å². The number of aryl methyl sites for hydroxylation is 1. The number of benzene rings is 2. The minimum Gasteiger partial charge on any atom is -0.496 e. The second-order valence-corrected chi connectivity index (χ2v) is 9.34. The molecule has 0 spiro atoms. The Labute approximate surface area is 226 Å². The molecule has 2 aliphatic rings. The van der Waals surface area contributed by atoms with Crippen molar-refractivity contribution >= 4 is 24.3 Å². The van der Waals surface area contributed by atoms with Gasteiger partial charge in [0.25, 0.3) is 5.76 Å². The maximum absolute atomic E-state index is 13.1. The first-order valence-corrected chi connectivity index (χ1v) is 12.7. The minimum absolute atomic E-state index is 0.230. The number of rotatable bonds is 7. The average molecular weight is 526 g/mol. The summed E-state index contributed by atoms with van der Waals surface area (Å²) in [6.45, 7) is 10.00. The highest BCUT2D eigenvalue weighted by Gasteiger charge is 2.55. The molecule has 0 N–H and O–H groups in total. The predicted octanol–water partition coefficient (Wildman–Crippen LogP) is 6.32. The molecule has 0 saturated heterocycles. The van der Waals surface area contributed by atoms with Gasteiger partial charge >= 0.3 is 11.9 Å². The zero-order chi connectivity index (χ0) is 27.7. The van der Waals surface area contributed by atoms with Crippen molar-refractivity contribution in [2.24, 2.45) is 5.92 Å². The van der Waals surface area contributed by atoms with Crippen molar-refractivity contribution in [2.75, 3.05) is 13.7 Å².